The van der Waals surface area contributed by atoms with E-state index in [1.54, 1.807) is 0 Å². The topological polar surface area (TPSA) is 20.3 Å². The smallest absolute Gasteiger partial charge is 0.227 e. The Morgan fingerprint density at radius 2 is 2.04 bits per heavy atom. The summed E-state index contributed by atoms with van der Waals surface area (Å²) in [6.45, 7) is 11.8. The van der Waals surface area contributed by atoms with Gasteiger partial charge in [0.2, 0.25) is 5.91 Å². The molecule has 0 aromatic heterocycles. The Kier molecular flexibility index (Phi) is 4.12. The largest absolute Gasteiger partial charge is 0.335 e. The van der Waals surface area contributed by atoms with E-state index in [1.807, 2.05) is 0 Å². The lowest BCUT2D eigenvalue weighted by atomic mass is 10.0. The first kappa shape index (κ1) is 16.3. The fourth-order valence-electron chi connectivity index (χ4n) is 4.25. The molecule has 1 aromatic rings. The lowest BCUT2D eigenvalue weighted by Crippen LogP contribution is -2.33. The fourth-order valence-corrected chi connectivity index (χ4v) is 4.25. The third-order valence-corrected chi connectivity index (χ3v) is 5.65. The summed E-state index contributed by atoms with van der Waals surface area (Å²) < 4.78 is 0. The fraction of sp³-hybridized carbons (Fsp3) is 0.571. The van der Waals surface area contributed by atoms with Gasteiger partial charge in [0, 0.05) is 6.54 Å². The quantitative estimate of drug-likeness (QED) is 0.727. The van der Waals surface area contributed by atoms with Gasteiger partial charge in [-0.15, -0.1) is 0 Å². The van der Waals surface area contributed by atoms with Crippen LogP contribution < -0.4 is 0 Å². The first-order chi connectivity index (χ1) is 10.8. The Hall–Kier alpha value is -1.57. The molecule has 0 bridgehead atoms. The highest BCUT2D eigenvalue weighted by Gasteiger charge is 2.61. The van der Waals surface area contributed by atoms with Crippen molar-refractivity contribution >= 4 is 5.91 Å². The molecule has 3 rings (SSSR count). The van der Waals surface area contributed by atoms with Gasteiger partial charge in [-0.1, -0.05) is 55.3 Å². The molecule has 1 amide bonds. The lowest BCUT2D eigenvalue weighted by Gasteiger charge is -2.26. The number of carbonyl (C=O) groups is 1. The lowest BCUT2D eigenvalue weighted by molar-refractivity contribution is -0.134. The van der Waals surface area contributed by atoms with Crippen molar-refractivity contribution in [1.29, 1.82) is 0 Å². The average molecular weight is 311 g/mol. The third-order valence-electron chi connectivity index (χ3n) is 5.65. The van der Waals surface area contributed by atoms with Crippen molar-refractivity contribution in [3.05, 3.63) is 47.0 Å². The standard InChI is InChI=1S/C21H29NO/c1-14(2)12-17-19(21(17,4)5)20(23)22-11-7-10-18(22)16-9-6-8-15(3)13-16/h6,8-9,12-13,17-19H,7,10-11H2,1-5H3/t17-,18-,19-/m1/s1. The van der Waals surface area contributed by atoms with Gasteiger partial charge in [0.05, 0.1) is 12.0 Å². The molecule has 2 heteroatoms. The number of allylic oxidation sites excluding steroid dienone is 2. The summed E-state index contributed by atoms with van der Waals surface area (Å²) in [5, 5.41) is 0. The van der Waals surface area contributed by atoms with E-state index in [-0.39, 0.29) is 17.4 Å². The normalized spacial score (nSPS) is 28.6. The van der Waals surface area contributed by atoms with Crippen LogP contribution in [0.3, 0.4) is 0 Å². The first-order valence-corrected chi connectivity index (χ1v) is 8.84. The number of nitrogens with zero attached hydrogens (tertiary/aromatic N) is 1. The molecule has 2 aliphatic rings. The van der Waals surface area contributed by atoms with Crippen molar-refractivity contribution in [3.63, 3.8) is 0 Å². The van der Waals surface area contributed by atoms with Gasteiger partial charge >= 0.3 is 0 Å². The first-order valence-electron chi connectivity index (χ1n) is 8.84. The number of hydrogen-bond acceptors (Lipinski definition) is 1. The number of amides is 1. The van der Waals surface area contributed by atoms with Crippen LogP contribution in [0.15, 0.2) is 35.9 Å². The van der Waals surface area contributed by atoms with Crippen LogP contribution in [0.25, 0.3) is 0 Å². The molecule has 3 atom stereocenters. The van der Waals surface area contributed by atoms with Gasteiger partial charge in [0.25, 0.3) is 0 Å². The average Bonchev–Trinajstić information content (AvgIpc) is 2.86. The van der Waals surface area contributed by atoms with Gasteiger partial charge in [-0.3, -0.25) is 4.79 Å². The van der Waals surface area contributed by atoms with Crippen molar-refractivity contribution in [2.75, 3.05) is 6.54 Å². The maximum absolute atomic E-state index is 13.2. The molecule has 1 saturated heterocycles. The van der Waals surface area contributed by atoms with Crippen LogP contribution in [-0.4, -0.2) is 17.4 Å². The van der Waals surface area contributed by atoms with Gasteiger partial charge in [-0.2, -0.15) is 0 Å². The molecule has 2 nitrogen and oxygen atoms in total. The van der Waals surface area contributed by atoms with Gasteiger partial charge in [0.1, 0.15) is 0 Å². The number of benzene rings is 1. The van der Waals surface area contributed by atoms with Gasteiger partial charge in [-0.05, 0) is 50.5 Å². The number of hydrogen-bond donors (Lipinski definition) is 0. The molecular weight excluding hydrogens is 282 g/mol. The van der Waals surface area contributed by atoms with Crippen molar-refractivity contribution in [3.8, 4) is 0 Å². The van der Waals surface area contributed by atoms with Crippen LogP contribution >= 0.6 is 0 Å². The summed E-state index contributed by atoms with van der Waals surface area (Å²) in [4.78, 5) is 15.3. The summed E-state index contributed by atoms with van der Waals surface area (Å²) >= 11 is 0. The molecule has 1 saturated carbocycles. The van der Waals surface area contributed by atoms with Crippen molar-refractivity contribution in [1.82, 2.24) is 4.90 Å². The zero-order valence-corrected chi connectivity index (χ0v) is 15.1. The highest BCUT2D eigenvalue weighted by molar-refractivity contribution is 5.84. The maximum Gasteiger partial charge on any atom is 0.227 e. The SMILES string of the molecule is CC(C)=C[C@@H]1[C@H](C(=O)N2CCC[C@@H]2c2cccc(C)c2)C1(C)C. The van der Waals surface area contributed by atoms with Crippen molar-refractivity contribution in [2.24, 2.45) is 17.3 Å². The summed E-state index contributed by atoms with van der Waals surface area (Å²) in [5.41, 5.74) is 3.99. The Labute approximate surface area is 140 Å². The number of carbonyl (C=O) groups excluding carboxylic acids is 1. The van der Waals surface area contributed by atoms with E-state index in [4.69, 9.17) is 0 Å². The zero-order valence-electron chi connectivity index (χ0n) is 15.1. The van der Waals surface area contributed by atoms with Crippen LogP contribution in [0.5, 0.6) is 0 Å². The molecule has 0 spiro atoms. The van der Waals surface area contributed by atoms with Crippen LogP contribution in [0.2, 0.25) is 0 Å². The molecule has 2 fully saturated rings. The summed E-state index contributed by atoms with van der Waals surface area (Å²) in [7, 11) is 0. The zero-order chi connectivity index (χ0) is 16.8. The van der Waals surface area contributed by atoms with Crippen molar-refractivity contribution < 1.29 is 4.79 Å². The van der Waals surface area contributed by atoms with E-state index < -0.39 is 0 Å². The predicted molar refractivity (Wildman–Crippen MR) is 95.1 cm³/mol. The van der Waals surface area contributed by atoms with Gasteiger partial charge in [0.15, 0.2) is 0 Å². The molecule has 124 valence electrons. The second kappa shape index (κ2) is 5.81. The van der Waals surface area contributed by atoms with E-state index in [2.05, 4.69) is 69.9 Å². The Morgan fingerprint density at radius 1 is 1.30 bits per heavy atom. The van der Waals surface area contributed by atoms with Crippen LogP contribution in [0.4, 0.5) is 0 Å². The second-order valence-electron chi connectivity index (χ2n) is 8.17. The molecule has 1 aliphatic heterocycles. The Bertz CT molecular complexity index is 639. The summed E-state index contributed by atoms with van der Waals surface area (Å²) in [6.07, 6.45) is 4.50. The second-order valence-corrected chi connectivity index (χ2v) is 8.17. The minimum absolute atomic E-state index is 0.105. The number of rotatable bonds is 3. The molecule has 1 heterocycles. The summed E-state index contributed by atoms with van der Waals surface area (Å²) in [6, 6.07) is 8.92. The molecule has 1 aromatic carbocycles. The maximum atomic E-state index is 13.2. The van der Waals surface area contributed by atoms with Gasteiger partial charge in [-0.25, -0.2) is 0 Å². The molecule has 0 unspecified atom stereocenters. The van der Waals surface area contributed by atoms with Crippen LogP contribution in [0.1, 0.15) is 57.7 Å². The minimum atomic E-state index is 0.105. The van der Waals surface area contributed by atoms with Crippen molar-refractivity contribution in [2.45, 2.75) is 53.5 Å². The third kappa shape index (κ3) is 2.96. The van der Waals surface area contributed by atoms with Crippen LogP contribution in [-0.2, 0) is 4.79 Å². The van der Waals surface area contributed by atoms with E-state index in [1.165, 1.54) is 16.7 Å². The highest BCUT2D eigenvalue weighted by Crippen LogP contribution is 2.60. The van der Waals surface area contributed by atoms with E-state index in [0.29, 0.717) is 11.8 Å². The highest BCUT2D eigenvalue weighted by atomic mass is 16.2. The van der Waals surface area contributed by atoms with E-state index in [0.717, 1.165) is 19.4 Å². The predicted octanol–water partition coefficient (Wildman–Crippen LogP) is 4.90. The molecule has 0 N–H and O–H groups in total. The van der Waals surface area contributed by atoms with Crippen LogP contribution in [0, 0.1) is 24.2 Å². The Balaban J connectivity index is 1.81. The number of likely N-dealkylation sites (tertiary alicyclic amines) is 1. The van der Waals surface area contributed by atoms with Gasteiger partial charge < -0.3 is 4.90 Å². The monoisotopic (exact) mass is 311 g/mol. The minimum Gasteiger partial charge on any atom is -0.335 e. The molecule has 23 heavy (non-hydrogen) atoms. The molecular formula is C21H29NO. The van der Waals surface area contributed by atoms with E-state index in [9.17, 15) is 4.79 Å². The Morgan fingerprint density at radius 3 is 2.70 bits per heavy atom. The summed E-state index contributed by atoms with van der Waals surface area (Å²) in [5.74, 6) is 0.920. The van der Waals surface area contributed by atoms with E-state index >= 15 is 0 Å². The molecule has 0 radical (unpaired) electrons. The molecule has 1 aliphatic carbocycles. The number of aryl methyl sites for hydroxylation is 1.